The zero-order valence-corrected chi connectivity index (χ0v) is 8.89. The van der Waals surface area contributed by atoms with Gasteiger partial charge in [0.2, 0.25) is 10.0 Å². The molecule has 0 amide bonds. The van der Waals surface area contributed by atoms with Crippen LogP contribution < -0.4 is 9.88 Å². The van der Waals surface area contributed by atoms with Crippen molar-refractivity contribution in [2.45, 2.75) is 11.1 Å². The molecule has 0 heterocycles. The van der Waals surface area contributed by atoms with Gasteiger partial charge in [0.1, 0.15) is 5.75 Å². The number of alkyl halides is 3. The number of primary sulfonamides is 1. The second kappa shape index (κ2) is 3.95. The number of methoxy groups -OCH3 is 1. The highest BCUT2D eigenvalue weighted by Crippen LogP contribution is 2.35. The summed E-state index contributed by atoms with van der Waals surface area (Å²) < 4.78 is 64.0. The van der Waals surface area contributed by atoms with Gasteiger partial charge in [-0.05, 0) is 12.1 Å². The summed E-state index contributed by atoms with van der Waals surface area (Å²) in [6, 6.07) is 2.36. The van der Waals surface area contributed by atoms with Crippen molar-refractivity contribution >= 4 is 10.0 Å². The molecule has 16 heavy (non-hydrogen) atoms. The molecule has 0 aliphatic carbocycles. The van der Waals surface area contributed by atoms with E-state index in [-0.39, 0.29) is 5.75 Å². The number of hydrogen-bond donors (Lipinski definition) is 1. The van der Waals surface area contributed by atoms with Crippen LogP contribution in [0.3, 0.4) is 0 Å². The Kier molecular flexibility index (Phi) is 3.15. The number of halogens is 3. The van der Waals surface area contributed by atoms with Crippen LogP contribution >= 0.6 is 0 Å². The van der Waals surface area contributed by atoms with Gasteiger partial charge in [-0.25, -0.2) is 13.6 Å². The molecule has 0 saturated heterocycles. The maximum Gasteiger partial charge on any atom is 0.417 e. The SMILES string of the molecule is COc1ccc(C(F)(F)F)c(S(N)(=O)=O)c1. The van der Waals surface area contributed by atoms with Crippen molar-refractivity contribution in [1.29, 1.82) is 0 Å². The van der Waals surface area contributed by atoms with Gasteiger partial charge in [-0.15, -0.1) is 0 Å². The van der Waals surface area contributed by atoms with Gasteiger partial charge < -0.3 is 4.74 Å². The number of sulfonamides is 1. The van der Waals surface area contributed by atoms with E-state index >= 15 is 0 Å². The van der Waals surface area contributed by atoms with Crippen molar-refractivity contribution in [1.82, 2.24) is 0 Å². The molecule has 1 aromatic carbocycles. The molecule has 0 fully saturated rings. The van der Waals surface area contributed by atoms with E-state index in [1.165, 1.54) is 7.11 Å². The molecule has 2 N–H and O–H groups in total. The van der Waals surface area contributed by atoms with Gasteiger partial charge in [0, 0.05) is 6.07 Å². The van der Waals surface area contributed by atoms with Gasteiger partial charge >= 0.3 is 6.18 Å². The predicted molar refractivity (Wildman–Crippen MR) is 49.4 cm³/mol. The van der Waals surface area contributed by atoms with Crippen LogP contribution in [0.2, 0.25) is 0 Å². The van der Waals surface area contributed by atoms with Crippen LogP contribution in [0, 0.1) is 0 Å². The second-order valence-corrected chi connectivity index (χ2v) is 4.43. The fourth-order valence-corrected chi connectivity index (χ4v) is 1.87. The van der Waals surface area contributed by atoms with Gasteiger partial charge in [0.15, 0.2) is 0 Å². The number of benzene rings is 1. The molecule has 0 aliphatic heterocycles. The molecular weight excluding hydrogens is 247 g/mol. The number of hydrogen-bond acceptors (Lipinski definition) is 3. The minimum absolute atomic E-state index is 0.0166. The highest BCUT2D eigenvalue weighted by atomic mass is 32.2. The summed E-state index contributed by atoms with van der Waals surface area (Å²) in [5.74, 6) is -0.0166. The highest BCUT2D eigenvalue weighted by Gasteiger charge is 2.36. The Labute approximate surface area is 89.9 Å². The topological polar surface area (TPSA) is 69.4 Å². The van der Waals surface area contributed by atoms with E-state index < -0.39 is 26.7 Å². The zero-order chi connectivity index (χ0) is 12.6. The monoisotopic (exact) mass is 255 g/mol. The molecule has 0 saturated carbocycles. The van der Waals surface area contributed by atoms with Crippen molar-refractivity contribution in [2.75, 3.05) is 7.11 Å². The molecule has 4 nitrogen and oxygen atoms in total. The Morgan fingerprint density at radius 3 is 2.25 bits per heavy atom. The van der Waals surface area contributed by atoms with Crippen LogP contribution in [-0.4, -0.2) is 15.5 Å². The summed E-state index contributed by atoms with van der Waals surface area (Å²) in [5.41, 5.74) is -1.31. The van der Waals surface area contributed by atoms with E-state index in [2.05, 4.69) is 4.74 Å². The molecule has 90 valence electrons. The summed E-state index contributed by atoms with van der Waals surface area (Å²) in [5, 5.41) is 4.69. The first-order valence-corrected chi connectivity index (χ1v) is 5.49. The Morgan fingerprint density at radius 2 is 1.88 bits per heavy atom. The van der Waals surface area contributed by atoms with Crippen LogP contribution in [0.15, 0.2) is 23.1 Å². The average Bonchev–Trinajstić information content (AvgIpc) is 2.14. The second-order valence-electron chi connectivity index (χ2n) is 2.90. The van der Waals surface area contributed by atoms with Gasteiger partial charge in [-0.2, -0.15) is 13.2 Å². The van der Waals surface area contributed by atoms with E-state index in [9.17, 15) is 21.6 Å². The molecule has 0 radical (unpaired) electrons. The maximum absolute atomic E-state index is 12.5. The molecule has 0 aliphatic rings. The fourth-order valence-electron chi connectivity index (χ4n) is 1.10. The number of ether oxygens (including phenoxy) is 1. The summed E-state index contributed by atoms with van der Waals surface area (Å²) in [7, 11) is -3.25. The van der Waals surface area contributed by atoms with Crippen LogP contribution in [0.25, 0.3) is 0 Å². The molecule has 0 aromatic heterocycles. The van der Waals surface area contributed by atoms with Crippen LogP contribution in [-0.2, 0) is 16.2 Å². The van der Waals surface area contributed by atoms with Gasteiger partial charge in [0.05, 0.1) is 17.6 Å². The first-order valence-electron chi connectivity index (χ1n) is 3.94. The molecule has 0 atom stereocenters. The Morgan fingerprint density at radius 1 is 1.31 bits per heavy atom. The summed E-state index contributed by atoms with van der Waals surface area (Å²) in [6.45, 7) is 0. The van der Waals surface area contributed by atoms with Crippen molar-refractivity contribution in [3.8, 4) is 5.75 Å². The van der Waals surface area contributed by atoms with Crippen LogP contribution in [0.5, 0.6) is 5.75 Å². The third-order valence-electron chi connectivity index (χ3n) is 1.80. The summed E-state index contributed by atoms with van der Waals surface area (Å²) in [4.78, 5) is -1.00. The van der Waals surface area contributed by atoms with Gasteiger partial charge in [-0.1, -0.05) is 0 Å². The van der Waals surface area contributed by atoms with E-state index in [4.69, 9.17) is 5.14 Å². The Balaban J connectivity index is 3.52. The lowest BCUT2D eigenvalue weighted by molar-refractivity contribution is -0.139. The minimum atomic E-state index is -4.78. The zero-order valence-electron chi connectivity index (χ0n) is 8.08. The predicted octanol–water partition coefficient (Wildman–Crippen LogP) is 1.36. The maximum atomic E-state index is 12.5. The third-order valence-corrected chi connectivity index (χ3v) is 2.75. The fraction of sp³-hybridized carbons (Fsp3) is 0.250. The quantitative estimate of drug-likeness (QED) is 0.867. The van der Waals surface area contributed by atoms with Crippen LogP contribution in [0.4, 0.5) is 13.2 Å². The molecule has 1 aromatic rings. The summed E-state index contributed by atoms with van der Waals surface area (Å²) in [6.07, 6.45) is -4.78. The van der Waals surface area contributed by atoms with Crippen LogP contribution in [0.1, 0.15) is 5.56 Å². The largest absolute Gasteiger partial charge is 0.497 e. The van der Waals surface area contributed by atoms with Gasteiger partial charge in [0.25, 0.3) is 0 Å². The third kappa shape index (κ3) is 2.64. The molecule has 1 rings (SSSR count). The van der Waals surface area contributed by atoms with E-state index in [0.717, 1.165) is 12.1 Å². The average molecular weight is 255 g/mol. The standard InChI is InChI=1S/C8H8F3NO3S/c1-15-5-2-3-6(8(9,10)11)7(4-5)16(12,13)14/h2-4H,1H3,(H2,12,13,14). The first-order chi connectivity index (χ1) is 7.16. The lowest BCUT2D eigenvalue weighted by atomic mass is 10.2. The summed E-state index contributed by atoms with van der Waals surface area (Å²) >= 11 is 0. The lowest BCUT2D eigenvalue weighted by Gasteiger charge is -2.12. The number of rotatable bonds is 2. The van der Waals surface area contributed by atoms with E-state index in [1.807, 2.05) is 0 Å². The number of nitrogens with two attached hydrogens (primary N) is 1. The minimum Gasteiger partial charge on any atom is -0.497 e. The van der Waals surface area contributed by atoms with Crippen molar-refractivity contribution in [3.05, 3.63) is 23.8 Å². The molecular formula is C8H8F3NO3S. The molecule has 0 bridgehead atoms. The molecule has 0 spiro atoms. The van der Waals surface area contributed by atoms with E-state index in [0.29, 0.717) is 6.07 Å². The normalized spacial score (nSPS) is 12.6. The Bertz CT molecular complexity index is 496. The van der Waals surface area contributed by atoms with Crippen molar-refractivity contribution in [3.63, 3.8) is 0 Å². The Hall–Kier alpha value is -1.28. The molecule has 8 heteroatoms. The van der Waals surface area contributed by atoms with E-state index in [1.54, 1.807) is 0 Å². The van der Waals surface area contributed by atoms with Crippen molar-refractivity contribution < 1.29 is 26.3 Å². The smallest absolute Gasteiger partial charge is 0.417 e. The lowest BCUT2D eigenvalue weighted by Crippen LogP contribution is -2.19. The van der Waals surface area contributed by atoms with Crippen molar-refractivity contribution in [2.24, 2.45) is 5.14 Å². The molecule has 0 unspecified atom stereocenters. The highest BCUT2D eigenvalue weighted by molar-refractivity contribution is 7.89. The van der Waals surface area contributed by atoms with Gasteiger partial charge in [-0.3, -0.25) is 0 Å². The first kappa shape index (κ1) is 12.8.